The smallest absolute Gasteiger partial charge is 0.321 e. The molecule has 3 N–H and O–H groups in total. The molecule has 1 aromatic carbocycles. The second kappa shape index (κ2) is 9.20. The molecule has 0 aliphatic carbocycles. The van der Waals surface area contributed by atoms with Crippen LogP contribution in [0.1, 0.15) is 24.5 Å². The Morgan fingerprint density at radius 3 is 2.58 bits per heavy atom. The largest absolute Gasteiger partial charge is 0.388 e. The van der Waals surface area contributed by atoms with E-state index in [-0.39, 0.29) is 18.4 Å². The van der Waals surface area contributed by atoms with E-state index >= 15 is 0 Å². The molecule has 1 aliphatic heterocycles. The number of nitrogens with zero attached hydrogens (tertiary/aromatic N) is 1. The maximum absolute atomic E-state index is 11.8. The van der Waals surface area contributed by atoms with Gasteiger partial charge in [0.25, 0.3) is 0 Å². The second-order valence-corrected chi connectivity index (χ2v) is 6.02. The van der Waals surface area contributed by atoms with E-state index in [0.29, 0.717) is 6.54 Å². The first-order valence-electron chi connectivity index (χ1n) is 8.24. The maximum atomic E-state index is 11.8. The van der Waals surface area contributed by atoms with Crippen LogP contribution in [0.2, 0.25) is 0 Å². The number of piperidine rings is 1. The third-order valence-corrected chi connectivity index (χ3v) is 4.25. The summed E-state index contributed by atoms with van der Waals surface area (Å²) in [6, 6.07) is 9.15. The van der Waals surface area contributed by atoms with Crippen LogP contribution in [0.3, 0.4) is 0 Å². The van der Waals surface area contributed by atoms with Gasteiger partial charge in [-0.25, -0.2) is 4.79 Å². The van der Waals surface area contributed by atoms with Gasteiger partial charge in [-0.05, 0) is 37.4 Å². The van der Waals surface area contributed by atoms with Gasteiger partial charge in [0.2, 0.25) is 5.91 Å². The van der Waals surface area contributed by atoms with E-state index in [1.165, 1.54) is 0 Å². The van der Waals surface area contributed by atoms with E-state index in [1.54, 1.807) is 6.08 Å². The van der Waals surface area contributed by atoms with Crippen molar-refractivity contribution < 1.29 is 14.7 Å². The molecule has 0 radical (unpaired) electrons. The summed E-state index contributed by atoms with van der Waals surface area (Å²) in [6.07, 6.45) is 2.73. The highest BCUT2D eigenvalue weighted by atomic mass is 16.3. The summed E-state index contributed by atoms with van der Waals surface area (Å²) in [6.45, 7) is 5.47. The van der Waals surface area contributed by atoms with Gasteiger partial charge in [0.1, 0.15) is 0 Å². The minimum atomic E-state index is -0.505. The van der Waals surface area contributed by atoms with Crippen LogP contribution in [-0.2, 0) is 4.79 Å². The molecule has 1 aromatic rings. The summed E-state index contributed by atoms with van der Waals surface area (Å²) >= 11 is 0. The number of carbonyl (C=O) groups excluding carboxylic acids is 2. The molecule has 1 heterocycles. The topological polar surface area (TPSA) is 81.7 Å². The summed E-state index contributed by atoms with van der Waals surface area (Å²) in [4.78, 5) is 25.2. The van der Waals surface area contributed by atoms with Crippen molar-refractivity contribution in [1.82, 2.24) is 15.5 Å². The lowest BCUT2D eigenvalue weighted by Gasteiger charge is -2.33. The van der Waals surface area contributed by atoms with Crippen molar-refractivity contribution in [3.05, 3.63) is 48.6 Å². The van der Waals surface area contributed by atoms with Crippen LogP contribution in [0, 0.1) is 5.92 Å². The monoisotopic (exact) mass is 331 g/mol. The van der Waals surface area contributed by atoms with Gasteiger partial charge < -0.3 is 10.4 Å². The van der Waals surface area contributed by atoms with Crippen LogP contribution in [0.4, 0.5) is 4.79 Å². The lowest BCUT2D eigenvalue weighted by Crippen LogP contribution is -2.46. The molecular weight excluding hydrogens is 306 g/mol. The Morgan fingerprint density at radius 1 is 1.29 bits per heavy atom. The van der Waals surface area contributed by atoms with Crippen molar-refractivity contribution in [2.75, 3.05) is 26.2 Å². The van der Waals surface area contributed by atoms with Crippen LogP contribution in [0.15, 0.2) is 43.0 Å². The van der Waals surface area contributed by atoms with Crippen LogP contribution < -0.4 is 10.6 Å². The minimum Gasteiger partial charge on any atom is -0.388 e. The minimum absolute atomic E-state index is 0.190. The van der Waals surface area contributed by atoms with Gasteiger partial charge in [-0.1, -0.05) is 36.4 Å². The number of aliphatic hydroxyl groups excluding tert-OH is 1. The number of amides is 3. The molecule has 1 saturated heterocycles. The van der Waals surface area contributed by atoms with Crippen LogP contribution in [0.25, 0.3) is 0 Å². The Kier molecular flexibility index (Phi) is 6.96. The predicted molar refractivity (Wildman–Crippen MR) is 92.3 cm³/mol. The van der Waals surface area contributed by atoms with Crippen molar-refractivity contribution in [2.24, 2.45) is 5.92 Å². The van der Waals surface area contributed by atoms with E-state index in [2.05, 4.69) is 17.2 Å². The normalized spacial score (nSPS) is 17.0. The number of hydrogen-bond donors (Lipinski definition) is 3. The Labute approximate surface area is 142 Å². The highest BCUT2D eigenvalue weighted by Gasteiger charge is 2.27. The number of likely N-dealkylation sites (tertiary alicyclic amines) is 1. The molecule has 3 amide bonds. The number of carbonyl (C=O) groups is 2. The third-order valence-electron chi connectivity index (χ3n) is 4.25. The molecule has 0 saturated carbocycles. The Balaban J connectivity index is 1.73. The highest BCUT2D eigenvalue weighted by Crippen LogP contribution is 2.30. The number of urea groups is 1. The lowest BCUT2D eigenvalue weighted by molar-refractivity contribution is -0.121. The zero-order valence-electron chi connectivity index (χ0n) is 13.8. The number of aliphatic hydroxyl groups is 1. The maximum Gasteiger partial charge on any atom is 0.321 e. The molecule has 6 nitrogen and oxygen atoms in total. The lowest BCUT2D eigenvalue weighted by atomic mass is 9.87. The van der Waals surface area contributed by atoms with Gasteiger partial charge >= 0.3 is 6.03 Å². The number of nitrogens with one attached hydrogen (secondary N) is 2. The molecule has 1 atom stereocenters. The van der Waals surface area contributed by atoms with E-state index in [0.717, 1.165) is 31.5 Å². The standard InChI is InChI=1S/C18H25N3O3/c1-2-10-19-18(24)20-16(22)13-21-11-8-15(9-12-21)17(23)14-6-4-3-5-7-14/h2-7,15,17,23H,1,8-13H2,(H2,19,20,22,24)/t17-/m1/s1. The van der Waals surface area contributed by atoms with Crippen LogP contribution in [-0.4, -0.2) is 48.1 Å². The Bertz CT molecular complexity index is 554. The number of hydrogen-bond acceptors (Lipinski definition) is 4. The molecular formula is C18H25N3O3. The van der Waals surface area contributed by atoms with Gasteiger partial charge in [-0.3, -0.25) is 15.0 Å². The van der Waals surface area contributed by atoms with Crippen molar-refractivity contribution in [2.45, 2.75) is 18.9 Å². The first-order valence-corrected chi connectivity index (χ1v) is 8.24. The summed E-state index contributed by atoms with van der Waals surface area (Å²) in [5.74, 6) is -0.124. The summed E-state index contributed by atoms with van der Waals surface area (Å²) in [5, 5.41) is 15.3. The fourth-order valence-electron chi connectivity index (χ4n) is 2.93. The molecule has 1 aliphatic rings. The van der Waals surface area contributed by atoms with E-state index in [4.69, 9.17) is 0 Å². The molecule has 24 heavy (non-hydrogen) atoms. The zero-order chi connectivity index (χ0) is 17.4. The van der Waals surface area contributed by atoms with E-state index in [1.807, 2.05) is 35.2 Å². The molecule has 0 unspecified atom stereocenters. The van der Waals surface area contributed by atoms with Gasteiger partial charge in [0, 0.05) is 6.54 Å². The number of imide groups is 1. The summed E-state index contributed by atoms with van der Waals surface area (Å²) < 4.78 is 0. The second-order valence-electron chi connectivity index (χ2n) is 6.02. The Morgan fingerprint density at radius 2 is 1.96 bits per heavy atom. The van der Waals surface area contributed by atoms with Gasteiger partial charge in [-0.15, -0.1) is 6.58 Å². The SMILES string of the molecule is C=CCNC(=O)NC(=O)CN1CCC([C@H](O)c2ccccc2)CC1. The average Bonchev–Trinajstić information content (AvgIpc) is 2.60. The number of rotatable bonds is 6. The van der Waals surface area contributed by atoms with Gasteiger partial charge in [0.05, 0.1) is 12.6 Å². The van der Waals surface area contributed by atoms with E-state index < -0.39 is 12.1 Å². The van der Waals surface area contributed by atoms with Crippen molar-refractivity contribution in [1.29, 1.82) is 0 Å². The van der Waals surface area contributed by atoms with Crippen molar-refractivity contribution in [3.8, 4) is 0 Å². The summed E-state index contributed by atoms with van der Waals surface area (Å²) in [7, 11) is 0. The fraction of sp³-hybridized carbons (Fsp3) is 0.444. The van der Waals surface area contributed by atoms with Crippen LogP contribution >= 0.6 is 0 Å². The van der Waals surface area contributed by atoms with Gasteiger partial charge in [-0.2, -0.15) is 0 Å². The fourth-order valence-corrected chi connectivity index (χ4v) is 2.93. The molecule has 2 rings (SSSR count). The molecule has 6 heteroatoms. The molecule has 0 spiro atoms. The highest BCUT2D eigenvalue weighted by molar-refractivity contribution is 5.95. The van der Waals surface area contributed by atoms with Gasteiger partial charge in [0.15, 0.2) is 0 Å². The Hall–Kier alpha value is -2.18. The molecule has 0 aromatic heterocycles. The molecule has 1 fully saturated rings. The first kappa shape index (κ1) is 18.2. The van der Waals surface area contributed by atoms with Crippen molar-refractivity contribution in [3.63, 3.8) is 0 Å². The quantitative estimate of drug-likeness (QED) is 0.689. The van der Waals surface area contributed by atoms with Crippen molar-refractivity contribution >= 4 is 11.9 Å². The summed E-state index contributed by atoms with van der Waals surface area (Å²) in [5.41, 5.74) is 0.938. The van der Waals surface area contributed by atoms with Crippen LogP contribution in [0.5, 0.6) is 0 Å². The average molecular weight is 331 g/mol. The zero-order valence-corrected chi connectivity index (χ0v) is 13.8. The van der Waals surface area contributed by atoms with E-state index in [9.17, 15) is 14.7 Å². The molecule has 130 valence electrons. The first-order chi connectivity index (χ1) is 11.6. The molecule has 0 bridgehead atoms. The number of benzene rings is 1. The predicted octanol–water partition coefficient (Wildman–Crippen LogP) is 1.44. The third kappa shape index (κ3) is 5.47.